The second kappa shape index (κ2) is 8.45. The first-order valence-corrected chi connectivity index (χ1v) is 8.96. The van der Waals surface area contributed by atoms with Gasteiger partial charge in [0.05, 0.1) is 6.54 Å². The van der Waals surface area contributed by atoms with Gasteiger partial charge in [-0.15, -0.1) is 13.2 Å². The summed E-state index contributed by atoms with van der Waals surface area (Å²) in [5.41, 5.74) is 1.12. The van der Waals surface area contributed by atoms with Gasteiger partial charge in [-0.2, -0.15) is 0 Å². The van der Waals surface area contributed by atoms with Crippen molar-refractivity contribution in [2.45, 2.75) is 38.7 Å². The van der Waals surface area contributed by atoms with Crippen LogP contribution in [-0.2, 0) is 6.42 Å². The normalized spacial score (nSPS) is 17.3. The van der Waals surface area contributed by atoms with E-state index in [0.717, 1.165) is 30.5 Å². The number of amides is 1. The number of carbonyl (C=O) groups is 1. The van der Waals surface area contributed by atoms with E-state index in [0.29, 0.717) is 19.5 Å². The number of aromatic nitrogens is 2. The molecule has 0 aliphatic carbocycles. The van der Waals surface area contributed by atoms with Crippen molar-refractivity contribution in [1.29, 1.82) is 0 Å². The number of hydrogen-bond acceptors (Lipinski definition) is 5. The molecule has 1 aromatic heterocycles. The van der Waals surface area contributed by atoms with Crippen LogP contribution < -0.4 is 9.47 Å². The van der Waals surface area contributed by atoms with Gasteiger partial charge in [-0.1, -0.05) is 13.0 Å². The average molecular weight is 395 g/mol. The van der Waals surface area contributed by atoms with E-state index >= 15 is 0 Å². The van der Waals surface area contributed by atoms with Crippen molar-refractivity contribution in [1.82, 2.24) is 14.9 Å². The Bertz CT molecular complexity index is 812. The van der Waals surface area contributed by atoms with Crippen molar-refractivity contribution in [3.8, 4) is 11.8 Å². The highest BCUT2D eigenvalue weighted by Gasteiger charge is 2.32. The monoisotopic (exact) mass is 395 g/mol. The first kappa shape index (κ1) is 19.9. The molecule has 2 aromatic rings. The minimum absolute atomic E-state index is 0.131. The van der Waals surface area contributed by atoms with Crippen LogP contribution in [0, 0.1) is 0 Å². The van der Waals surface area contributed by atoms with Gasteiger partial charge in [0.15, 0.2) is 0 Å². The minimum Gasteiger partial charge on any atom is -0.458 e. The van der Waals surface area contributed by atoms with Crippen LogP contribution in [0.3, 0.4) is 0 Å². The maximum atomic E-state index is 12.7. The van der Waals surface area contributed by atoms with E-state index < -0.39 is 12.1 Å². The Morgan fingerprint density at radius 1 is 1.29 bits per heavy atom. The van der Waals surface area contributed by atoms with E-state index in [9.17, 15) is 18.0 Å². The van der Waals surface area contributed by atoms with E-state index in [2.05, 4.69) is 14.7 Å². The van der Waals surface area contributed by atoms with Gasteiger partial charge in [0.25, 0.3) is 5.91 Å². The van der Waals surface area contributed by atoms with Gasteiger partial charge in [-0.05, 0) is 43.0 Å². The molecule has 1 fully saturated rings. The molecule has 1 aliphatic heterocycles. The third-order valence-electron chi connectivity index (χ3n) is 4.34. The highest BCUT2D eigenvalue weighted by molar-refractivity contribution is 5.94. The third-order valence-corrected chi connectivity index (χ3v) is 4.34. The van der Waals surface area contributed by atoms with Crippen LogP contribution in [0.5, 0.6) is 11.8 Å². The Morgan fingerprint density at radius 3 is 2.71 bits per heavy atom. The number of benzene rings is 1. The first-order valence-electron chi connectivity index (χ1n) is 8.96. The number of rotatable bonds is 5. The number of likely N-dealkylation sites (tertiary alicyclic amines) is 1. The first-order chi connectivity index (χ1) is 13.3. The van der Waals surface area contributed by atoms with Crippen LogP contribution in [0.2, 0.25) is 0 Å². The van der Waals surface area contributed by atoms with Gasteiger partial charge in [-0.25, -0.2) is 9.97 Å². The van der Waals surface area contributed by atoms with Crippen LogP contribution in [0.25, 0.3) is 0 Å². The predicted molar refractivity (Wildman–Crippen MR) is 94.1 cm³/mol. The number of alkyl halides is 3. The van der Waals surface area contributed by atoms with Gasteiger partial charge < -0.3 is 14.4 Å². The highest BCUT2D eigenvalue weighted by Crippen LogP contribution is 2.24. The van der Waals surface area contributed by atoms with E-state index in [4.69, 9.17) is 4.74 Å². The highest BCUT2D eigenvalue weighted by atomic mass is 19.4. The summed E-state index contributed by atoms with van der Waals surface area (Å²) >= 11 is 0. The van der Waals surface area contributed by atoms with Gasteiger partial charge >= 0.3 is 12.4 Å². The van der Waals surface area contributed by atoms with Gasteiger partial charge in [0.2, 0.25) is 0 Å². The number of piperidine rings is 1. The molecule has 3 rings (SSSR count). The molecule has 1 amide bonds. The largest absolute Gasteiger partial charge is 0.573 e. The predicted octanol–water partition coefficient (Wildman–Crippen LogP) is 3.62. The van der Waals surface area contributed by atoms with Crippen molar-refractivity contribution in [2.24, 2.45) is 0 Å². The molecule has 1 aliphatic rings. The Kier molecular flexibility index (Phi) is 6.01. The van der Waals surface area contributed by atoms with E-state index in [1.165, 1.54) is 12.1 Å². The summed E-state index contributed by atoms with van der Waals surface area (Å²) in [5.74, 6) is -0.796. The smallest absolute Gasteiger partial charge is 0.458 e. The number of ether oxygens (including phenoxy) is 2. The molecular weight excluding hydrogens is 375 g/mol. The maximum Gasteiger partial charge on any atom is 0.573 e. The number of nitrogens with zero attached hydrogens (tertiary/aromatic N) is 3. The summed E-state index contributed by atoms with van der Waals surface area (Å²) in [6.07, 6.45) is 0.574. The van der Waals surface area contributed by atoms with Crippen LogP contribution in [0.4, 0.5) is 13.2 Å². The van der Waals surface area contributed by atoms with E-state index in [1.807, 2.05) is 6.92 Å². The summed E-state index contributed by atoms with van der Waals surface area (Å²) in [5, 5.41) is 0. The van der Waals surface area contributed by atoms with Crippen LogP contribution in [-0.4, -0.2) is 46.3 Å². The quantitative estimate of drug-likeness (QED) is 0.774. The SMILES string of the molecule is CCc1cnc(OC2CCCN(C(=O)c3cccc(OC(F)(F)F)c3)C2)nc1. The maximum absolute atomic E-state index is 12.7. The topological polar surface area (TPSA) is 64.5 Å². The molecule has 2 heterocycles. The minimum atomic E-state index is -4.81. The lowest BCUT2D eigenvalue weighted by molar-refractivity contribution is -0.274. The second-order valence-corrected chi connectivity index (χ2v) is 6.44. The molecule has 1 atom stereocenters. The van der Waals surface area contributed by atoms with Crippen molar-refractivity contribution < 1.29 is 27.4 Å². The molecule has 9 heteroatoms. The van der Waals surface area contributed by atoms with Crippen LogP contribution in [0.1, 0.15) is 35.7 Å². The fourth-order valence-corrected chi connectivity index (χ4v) is 2.96. The molecule has 0 saturated carbocycles. The number of carbonyl (C=O) groups excluding carboxylic acids is 1. The van der Waals surface area contributed by atoms with Crippen molar-refractivity contribution >= 4 is 5.91 Å². The summed E-state index contributed by atoms with van der Waals surface area (Å²) in [6.45, 7) is 2.80. The Hall–Kier alpha value is -2.84. The van der Waals surface area contributed by atoms with E-state index in [1.54, 1.807) is 17.3 Å². The van der Waals surface area contributed by atoms with Crippen LogP contribution >= 0.6 is 0 Å². The Morgan fingerprint density at radius 2 is 2.04 bits per heavy atom. The number of aryl methyl sites for hydroxylation is 1. The van der Waals surface area contributed by atoms with Crippen LogP contribution in [0.15, 0.2) is 36.7 Å². The van der Waals surface area contributed by atoms with Gasteiger partial charge in [-0.3, -0.25) is 4.79 Å². The number of hydrogen-bond donors (Lipinski definition) is 0. The summed E-state index contributed by atoms with van der Waals surface area (Å²) in [4.78, 5) is 22.6. The Balaban J connectivity index is 1.64. The molecule has 0 radical (unpaired) electrons. The van der Waals surface area contributed by atoms with Crippen molar-refractivity contribution in [2.75, 3.05) is 13.1 Å². The summed E-state index contributed by atoms with van der Waals surface area (Å²) in [6, 6.07) is 5.31. The van der Waals surface area contributed by atoms with Crippen molar-refractivity contribution in [3.05, 3.63) is 47.8 Å². The molecule has 6 nitrogen and oxygen atoms in total. The molecule has 150 valence electrons. The summed E-state index contributed by atoms with van der Waals surface area (Å²) in [7, 11) is 0. The fraction of sp³-hybridized carbons (Fsp3) is 0.421. The Labute approximate surface area is 160 Å². The van der Waals surface area contributed by atoms with Gasteiger partial charge in [0.1, 0.15) is 11.9 Å². The second-order valence-electron chi connectivity index (χ2n) is 6.44. The lowest BCUT2D eigenvalue weighted by Gasteiger charge is -2.32. The molecule has 0 N–H and O–H groups in total. The molecule has 1 unspecified atom stereocenters. The molecule has 1 saturated heterocycles. The molecule has 1 aromatic carbocycles. The van der Waals surface area contributed by atoms with Gasteiger partial charge in [0, 0.05) is 24.5 Å². The molecule has 0 spiro atoms. The lowest BCUT2D eigenvalue weighted by Crippen LogP contribution is -2.44. The van der Waals surface area contributed by atoms with E-state index in [-0.39, 0.29) is 23.6 Å². The molecule has 28 heavy (non-hydrogen) atoms. The zero-order valence-corrected chi connectivity index (χ0v) is 15.3. The zero-order valence-electron chi connectivity index (χ0n) is 15.3. The average Bonchev–Trinajstić information content (AvgIpc) is 2.67. The lowest BCUT2D eigenvalue weighted by atomic mass is 10.1. The molecular formula is C19H20F3N3O3. The summed E-state index contributed by atoms with van der Waals surface area (Å²) < 4.78 is 46.8. The fourth-order valence-electron chi connectivity index (χ4n) is 2.96. The number of halogens is 3. The van der Waals surface area contributed by atoms with Crippen molar-refractivity contribution in [3.63, 3.8) is 0 Å². The zero-order chi connectivity index (χ0) is 20.1. The molecule has 0 bridgehead atoms. The third kappa shape index (κ3) is 5.34. The standard InChI is InChI=1S/C19H20F3N3O3/c1-2-13-10-23-18(24-11-13)27-16-7-4-8-25(12-16)17(26)14-5-3-6-15(9-14)28-19(20,21)22/h3,5-6,9-11,16H,2,4,7-8,12H2,1H3.